The van der Waals surface area contributed by atoms with Crippen LogP contribution < -0.4 is 5.73 Å². The predicted octanol–water partition coefficient (Wildman–Crippen LogP) is 3.80. The smallest absolute Gasteiger partial charge is 0.0346 e. The van der Waals surface area contributed by atoms with Crippen LogP contribution in [0.5, 0.6) is 0 Å². The molecular weight excluding hydrogens is 238 g/mol. The second-order valence-corrected chi connectivity index (χ2v) is 5.76. The minimum Gasteiger partial charge on any atom is -0.324 e. The highest BCUT2D eigenvalue weighted by atomic mass is 79.9. The summed E-state index contributed by atoms with van der Waals surface area (Å²) < 4.78 is 1.11. The Bertz CT molecular complexity index is 326. The third-order valence-corrected chi connectivity index (χ3v) is 2.99. The van der Waals surface area contributed by atoms with Crippen molar-refractivity contribution in [1.29, 1.82) is 0 Å². The molecule has 0 aliphatic heterocycles. The zero-order valence-electron chi connectivity index (χ0n) is 9.26. The van der Waals surface area contributed by atoms with Crippen molar-refractivity contribution in [3.8, 4) is 0 Å². The molecule has 0 aliphatic carbocycles. The van der Waals surface area contributed by atoms with Crippen molar-refractivity contribution in [2.75, 3.05) is 0 Å². The number of benzene rings is 1. The number of aryl methyl sites for hydroxylation is 1. The van der Waals surface area contributed by atoms with Crippen LogP contribution in [0.3, 0.4) is 0 Å². The summed E-state index contributed by atoms with van der Waals surface area (Å²) in [6.07, 6.45) is 0. The lowest BCUT2D eigenvalue weighted by atomic mass is 9.81. The minimum atomic E-state index is 0.0931. The maximum absolute atomic E-state index is 6.21. The molecule has 0 saturated heterocycles. The Hall–Kier alpha value is -0.340. The summed E-state index contributed by atoms with van der Waals surface area (Å²) in [4.78, 5) is 0. The second-order valence-electron chi connectivity index (χ2n) is 4.84. The van der Waals surface area contributed by atoms with Gasteiger partial charge < -0.3 is 5.73 Å². The minimum absolute atomic E-state index is 0.0931. The van der Waals surface area contributed by atoms with Gasteiger partial charge in [-0.2, -0.15) is 0 Å². The largest absolute Gasteiger partial charge is 0.324 e. The maximum atomic E-state index is 6.21. The van der Waals surface area contributed by atoms with E-state index in [1.807, 2.05) is 6.07 Å². The summed E-state index contributed by atoms with van der Waals surface area (Å²) in [5, 5.41) is 0. The Morgan fingerprint density at radius 2 is 1.86 bits per heavy atom. The van der Waals surface area contributed by atoms with E-state index in [1.165, 1.54) is 11.1 Å². The molecule has 2 heteroatoms. The Kier molecular flexibility index (Phi) is 3.38. The fourth-order valence-corrected chi connectivity index (χ4v) is 1.93. The molecule has 78 valence electrons. The van der Waals surface area contributed by atoms with Gasteiger partial charge in [0.1, 0.15) is 0 Å². The highest BCUT2D eigenvalue weighted by Crippen LogP contribution is 2.32. The van der Waals surface area contributed by atoms with E-state index >= 15 is 0 Å². The van der Waals surface area contributed by atoms with Gasteiger partial charge in [0.2, 0.25) is 0 Å². The van der Waals surface area contributed by atoms with Gasteiger partial charge in [-0.3, -0.25) is 0 Å². The van der Waals surface area contributed by atoms with Crippen molar-refractivity contribution in [1.82, 2.24) is 0 Å². The summed E-state index contributed by atoms with van der Waals surface area (Å²) >= 11 is 3.46. The molecule has 0 fully saturated rings. The quantitative estimate of drug-likeness (QED) is 0.812. The molecule has 14 heavy (non-hydrogen) atoms. The first-order chi connectivity index (χ1) is 6.32. The van der Waals surface area contributed by atoms with Gasteiger partial charge in [-0.25, -0.2) is 0 Å². The van der Waals surface area contributed by atoms with E-state index in [-0.39, 0.29) is 11.5 Å². The molecule has 0 aromatic heterocycles. The number of hydrogen-bond donors (Lipinski definition) is 1. The molecule has 0 amide bonds. The lowest BCUT2D eigenvalue weighted by Gasteiger charge is -2.28. The predicted molar refractivity (Wildman–Crippen MR) is 65.3 cm³/mol. The highest BCUT2D eigenvalue weighted by Gasteiger charge is 2.23. The summed E-state index contributed by atoms with van der Waals surface area (Å²) in [6, 6.07) is 6.36. The van der Waals surface area contributed by atoms with Crippen molar-refractivity contribution in [2.45, 2.75) is 33.7 Å². The van der Waals surface area contributed by atoms with Crippen molar-refractivity contribution in [3.63, 3.8) is 0 Å². The summed E-state index contributed by atoms with van der Waals surface area (Å²) in [7, 11) is 0. The Morgan fingerprint density at radius 3 is 2.29 bits per heavy atom. The van der Waals surface area contributed by atoms with Crippen molar-refractivity contribution in [3.05, 3.63) is 33.8 Å². The Morgan fingerprint density at radius 1 is 1.29 bits per heavy atom. The van der Waals surface area contributed by atoms with Crippen molar-refractivity contribution in [2.24, 2.45) is 11.1 Å². The van der Waals surface area contributed by atoms with E-state index in [0.29, 0.717) is 0 Å². The van der Waals surface area contributed by atoms with Crippen LogP contribution in [0.25, 0.3) is 0 Å². The lowest BCUT2D eigenvalue weighted by molar-refractivity contribution is 0.326. The van der Waals surface area contributed by atoms with Gasteiger partial charge in [-0.05, 0) is 35.6 Å². The fourth-order valence-electron chi connectivity index (χ4n) is 1.45. The van der Waals surface area contributed by atoms with Crippen LogP contribution in [-0.2, 0) is 0 Å². The van der Waals surface area contributed by atoms with Gasteiger partial charge in [-0.1, -0.05) is 42.8 Å². The molecule has 0 radical (unpaired) electrons. The van der Waals surface area contributed by atoms with Gasteiger partial charge in [0, 0.05) is 10.5 Å². The van der Waals surface area contributed by atoms with Crippen molar-refractivity contribution < 1.29 is 0 Å². The first kappa shape index (κ1) is 11.7. The topological polar surface area (TPSA) is 26.0 Å². The second kappa shape index (κ2) is 4.03. The average molecular weight is 256 g/mol. The van der Waals surface area contributed by atoms with Gasteiger partial charge in [0.05, 0.1) is 0 Å². The van der Waals surface area contributed by atoms with Crippen LogP contribution in [0, 0.1) is 12.3 Å². The third kappa shape index (κ3) is 2.58. The molecule has 1 unspecified atom stereocenters. The molecular formula is C12H18BrN. The molecule has 1 atom stereocenters. The fraction of sp³-hybridized carbons (Fsp3) is 0.500. The molecule has 1 nitrogen and oxygen atoms in total. The van der Waals surface area contributed by atoms with Gasteiger partial charge in [0.25, 0.3) is 0 Å². The Labute approximate surface area is 94.8 Å². The third-order valence-electron chi connectivity index (χ3n) is 2.50. The normalized spacial score (nSPS) is 14.1. The number of hydrogen-bond acceptors (Lipinski definition) is 1. The van der Waals surface area contributed by atoms with Crippen LogP contribution in [0.4, 0.5) is 0 Å². The van der Waals surface area contributed by atoms with E-state index in [9.17, 15) is 0 Å². The van der Waals surface area contributed by atoms with E-state index in [2.05, 4.69) is 55.8 Å². The molecule has 0 aliphatic rings. The molecule has 1 aromatic carbocycles. The van der Waals surface area contributed by atoms with E-state index in [4.69, 9.17) is 5.73 Å². The molecule has 1 aromatic rings. The number of nitrogens with two attached hydrogens (primary N) is 1. The molecule has 0 bridgehead atoms. The van der Waals surface area contributed by atoms with Crippen LogP contribution in [-0.4, -0.2) is 0 Å². The zero-order valence-corrected chi connectivity index (χ0v) is 10.9. The summed E-state index contributed by atoms with van der Waals surface area (Å²) in [5.74, 6) is 0. The molecule has 0 saturated carbocycles. The highest BCUT2D eigenvalue weighted by molar-refractivity contribution is 9.10. The number of rotatable bonds is 1. The van der Waals surface area contributed by atoms with E-state index in [1.54, 1.807) is 0 Å². The molecule has 0 spiro atoms. The SMILES string of the molecule is Cc1cc(Br)ccc1C(N)C(C)(C)C. The lowest BCUT2D eigenvalue weighted by Crippen LogP contribution is -2.26. The van der Waals surface area contributed by atoms with Gasteiger partial charge in [-0.15, -0.1) is 0 Å². The van der Waals surface area contributed by atoms with Crippen LogP contribution in [0.2, 0.25) is 0 Å². The first-order valence-corrected chi connectivity index (χ1v) is 5.63. The first-order valence-electron chi connectivity index (χ1n) is 4.84. The standard InChI is InChI=1S/C12H18BrN/c1-8-7-9(13)5-6-10(8)11(14)12(2,3)4/h5-7,11H,14H2,1-4H3. The van der Waals surface area contributed by atoms with Crippen molar-refractivity contribution >= 4 is 15.9 Å². The molecule has 0 heterocycles. The Balaban J connectivity index is 3.08. The summed E-state index contributed by atoms with van der Waals surface area (Å²) in [6.45, 7) is 8.60. The van der Waals surface area contributed by atoms with Crippen LogP contribution in [0.1, 0.15) is 37.9 Å². The monoisotopic (exact) mass is 255 g/mol. The van der Waals surface area contributed by atoms with Crippen LogP contribution >= 0.6 is 15.9 Å². The van der Waals surface area contributed by atoms with Gasteiger partial charge in [0.15, 0.2) is 0 Å². The molecule has 2 N–H and O–H groups in total. The zero-order chi connectivity index (χ0) is 10.9. The summed E-state index contributed by atoms with van der Waals surface area (Å²) in [5.41, 5.74) is 8.81. The molecule has 1 rings (SSSR count). The average Bonchev–Trinajstić information content (AvgIpc) is 2.01. The number of halogens is 1. The van der Waals surface area contributed by atoms with Gasteiger partial charge >= 0.3 is 0 Å². The van der Waals surface area contributed by atoms with Crippen LogP contribution in [0.15, 0.2) is 22.7 Å². The maximum Gasteiger partial charge on any atom is 0.0346 e. The van der Waals surface area contributed by atoms with E-state index in [0.717, 1.165) is 4.47 Å². The van der Waals surface area contributed by atoms with E-state index < -0.39 is 0 Å².